The summed E-state index contributed by atoms with van der Waals surface area (Å²) in [6, 6.07) is 11.3. The Morgan fingerprint density at radius 3 is 2.57 bits per heavy atom. The number of ether oxygens (including phenoxy) is 2. The molecule has 0 aliphatic rings. The van der Waals surface area contributed by atoms with Gasteiger partial charge in [-0.15, -0.1) is 5.10 Å². The van der Waals surface area contributed by atoms with E-state index in [2.05, 4.69) is 15.2 Å². The molecule has 9 heteroatoms. The van der Waals surface area contributed by atoms with Gasteiger partial charge in [-0.05, 0) is 42.8 Å². The number of hydrogen-bond acceptors (Lipinski definition) is 6. The lowest BCUT2D eigenvalue weighted by Gasteiger charge is -2.07. The molecule has 0 fully saturated rings. The van der Waals surface area contributed by atoms with Crippen LogP contribution in [0.5, 0.6) is 11.5 Å². The Morgan fingerprint density at radius 2 is 1.80 bits per heavy atom. The molecule has 0 saturated heterocycles. The van der Waals surface area contributed by atoms with Crippen LogP contribution in [0, 0.1) is 6.92 Å². The molecule has 0 aliphatic heterocycles. The summed E-state index contributed by atoms with van der Waals surface area (Å²) in [5.41, 5.74) is 3.98. The summed E-state index contributed by atoms with van der Waals surface area (Å²) in [6.45, 7) is 1.96. The van der Waals surface area contributed by atoms with Crippen molar-refractivity contribution in [3.05, 3.63) is 59.5 Å². The lowest BCUT2D eigenvalue weighted by Crippen LogP contribution is -1.99. The van der Waals surface area contributed by atoms with E-state index in [0.717, 1.165) is 22.2 Å². The van der Waals surface area contributed by atoms with Crippen LogP contribution in [0.15, 0.2) is 48.9 Å². The Bertz CT molecular complexity index is 1410. The van der Waals surface area contributed by atoms with Crippen molar-refractivity contribution >= 4 is 28.3 Å². The summed E-state index contributed by atoms with van der Waals surface area (Å²) < 4.78 is 14.1. The molecule has 8 nitrogen and oxygen atoms in total. The van der Waals surface area contributed by atoms with Crippen molar-refractivity contribution < 1.29 is 9.47 Å². The number of rotatable bonds is 4. The van der Waals surface area contributed by atoms with Crippen molar-refractivity contribution in [1.82, 2.24) is 29.4 Å². The topological polar surface area (TPSA) is 79.4 Å². The number of halogens is 1. The van der Waals surface area contributed by atoms with E-state index in [1.807, 2.05) is 43.3 Å². The monoisotopic (exact) mass is 420 g/mol. The Labute approximate surface area is 176 Å². The number of aryl methyl sites for hydroxylation is 1. The normalized spacial score (nSPS) is 11.3. The summed E-state index contributed by atoms with van der Waals surface area (Å²) in [5, 5.41) is 10.5. The van der Waals surface area contributed by atoms with Crippen LogP contribution in [-0.4, -0.2) is 43.6 Å². The molecule has 0 atom stereocenters. The fraction of sp³-hybridized carbons (Fsp3) is 0.143. The number of fused-ring (bicyclic) bond motifs is 3. The second-order valence-electron chi connectivity index (χ2n) is 6.75. The maximum atomic E-state index is 6.29. The first-order valence-electron chi connectivity index (χ1n) is 9.17. The number of hydrogen-bond donors (Lipinski definition) is 0. The highest BCUT2D eigenvalue weighted by molar-refractivity contribution is 6.31. The van der Waals surface area contributed by atoms with Crippen molar-refractivity contribution in [2.24, 2.45) is 0 Å². The van der Waals surface area contributed by atoms with Gasteiger partial charge in [-0.3, -0.25) is 0 Å². The molecule has 0 radical (unpaired) electrons. The number of methoxy groups -OCH3 is 2. The van der Waals surface area contributed by atoms with Gasteiger partial charge in [0.2, 0.25) is 0 Å². The van der Waals surface area contributed by atoms with Gasteiger partial charge < -0.3 is 9.47 Å². The third-order valence-corrected chi connectivity index (χ3v) is 5.35. The molecule has 0 bridgehead atoms. The van der Waals surface area contributed by atoms with Crippen LogP contribution in [0.3, 0.4) is 0 Å². The zero-order valence-corrected chi connectivity index (χ0v) is 17.3. The molecule has 0 aliphatic carbocycles. The van der Waals surface area contributed by atoms with Gasteiger partial charge in [-0.1, -0.05) is 17.7 Å². The van der Waals surface area contributed by atoms with E-state index >= 15 is 0 Å². The van der Waals surface area contributed by atoms with Gasteiger partial charge in [-0.25, -0.2) is 19.2 Å². The molecule has 0 saturated carbocycles. The second-order valence-corrected chi connectivity index (χ2v) is 7.15. The summed E-state index contributed by atoms with van der Waals surface area (Å²) in [4.78, 5) is 9.26. The minimum absolute atomic E-state index is 0.552. The molecular formula is C21H17ClN6O2. The fourth-order valence-corrected chi connectivity index (χ4v) is 3.50. The molecule has 30 heavy (non-hydrogen) atoms. The van der Waals surface area contributed by atoms with Crippen molar-refractivity contribution in [3.8, 4) is 28.6 Å². The van der Waals surface area contributed by atoms with E-state index in [-0.39, 0.29) is 0 Å². The lowest BCUT2D eigenvalue weighted by molar-refractivity contribution is 0.355. The van der Waals surface area contributed by atoms with Crippen molar-refractivity contribution in [1.29, 1.82) is 0 Å². The summed E-state index contributed by atoms with van der Waals surface area (Å²) in [5.74, 6) is 1.81. The molecule has 3 heterocycles. The minimum Gasteiger partial charge on any atom is -0.493 e. The SMILES string of the molecule is COc1ccc(-c2nc3c4cnn(-c5ccc(C)c(Cl)c5)c4ncn3n2)cc1OC. The third kappa shape index (κ3) is 2.84. The largest absolute Gasteiger partial charge is 0.493 e. The van der Waals surface area contributed by atoms with Gasteiger partial charge in [0.15, 0.2) is 28.6 Å². The van der Waals surface area contributed by atoms with E-state index in [1.165, 1.54) is 0 Å². The summed E-state index contributed by atoms with van der Waals surface area (Å²) >= 11 is 6.29. The first-order valence-corrected chi connectivity index (χ1v) is 9.55. The Balaban J connectivity index is 1.64. The van der Waals surface area contributed by atoms with Crippen LogP contribution in [0.2, 0.25) is 5.02 Å². The van der Waals surface area contributed by atoms with Gasteiger partial charge in [0, 0.05) is 10.6 Å². The van der Waals surface area contributed by atoms with E-state index in [4.69, 9.17) is 26.1 Å². The standard InChI is InChI=1S/C21H17ClN6O2/c1-12-4-6-14(9-16(12)22)28-20-15(10-24-28)21-25-19(26-27(21)11-23-20)13-5-7-17(29-2)18(8-13)30-3/h4-11H,1-3H3. The van der Waals surface area contributed by atoms with Crippen molar-refractivity contribution in [3.63, 3.8) is 0 Å². The number of nitrogens with zero attached hydrogens (tertiary/aromatic N) is 6. The number of benzene rings is 2. The smallest absolute Gasteiger partial charge is 0.182 e. The molecule has 3 aromatic heterocycles. The predicted molar refractivity (Wildman–Crippen MR) is 114 cm³/mol. The highest BCUT2D eigenvalue weighted by atomic mass is 35.5. The fourth-order valence-electron chi connectivity index (χ4n) is 3.32. The van der Waals surface area contributed by atoms with Crippen molar-refractivity contribution in [2.75, 3.05) is 14.2 Å². The van der Waals surface area contributed by atoms with Crippen LogP contribution >= 0.6 is 11.6 Å². The van der Waals surface area contributed by atoms with Gasteiger partial charge in [-0.2, -0.15) is 5.10 Å². The van der Waals surface area contributed by atoms with Crippen LogP contribution < -0.4 is 9.47 Å². The second kappa shape index (κ2) is 7.00. The van der Waals surface area contributed by atoms with Gasteiger partial charge in [0.1, 0.15) is 6.33 Å². The minimum atomic E-state index is 0.552. The molecule has 0 spiro atoms. The van der Waals surface area contributed by atoms with Crippen LogP contribution in [-0.2, 0) is 0 Å². The Kier molecular flexibility index (Phi) is 4.29. The quantitative estimate of drug-likeness (QED) is 0.435. The predicted octanol–water partition coefficient (Wildman–Crippen LogP) is 4.11. The Hall–Kier alpha value is -3.65. The van der Waals surface area contributed by atoms with E-state index in [0.29, 0.717) is 33.6 Å². The summed E-state index contributed by atoms with van der Waals surface area (Å²) in [6.07, 6.45) is 3.36. The molecule has 0 unspecified atom stereocenters. The van der Waals surface area contributed by atoms with Crippen LogP contribution in [0.25, 0.3) is 33.8 Å². The Morgan fingerprint density at radius 1 is 0.967 bits per heavy atom. The first-order chi connectivity index (χ1) is 14.6. The zero-order chi connectivity index (χ0) is 20.8. The lowest BCUT2D eigenvalue weighted by atomic mass is 10.2. The highest BCUT2D eigenvalue weighted by Gasteiger charge is 2.16. The molecule has 0 amide bonds. The van der Waals surface area contributed by atoms with Gasteiger partial charge in [0.05, 0.1) is 31.5 Å². The average Bonchev–Trinajstić information content (AvgIpc) is 3.39. The molecule has 5 aromatic rings. The summed E-state index contributed by atoms with van der Waals surface area (Å²) in [7, 11) is 3.19. The molecule has 150 valence electrons. The highest BCUT2D eigenvalue weighted by Crippen LogP contribution is 2.32. The van der Waals surface area contributed by atoms with E-state index in [1.54, 1.807) is 35.9 Å². The maximum absolute atomic E-state index is 6.29. The van der Waals surface area contributed by atoms with Gasteiger partial charge >= 0.3 is 0 Å². The molecule has 0 N–H and O–H groups in total. The first kappa shape index (κ1) is 18.4. The molecular weight excluding hydrogens is 404 g/mol. The average molecular weight is 421 g/mol. The molecule has 2 aromatic carbocycles. The number of aromatic nitrogens is 6. The zero-order valence-electron chi connectivity index (χ0n) is 16.5. The van der Waals surface area contributed by atoms with Crippen LogP contribution in [0.1, 0.15) is 5.56 Å². The van der Waals surface area contributed by atoms with Gasteiger partial charge in [0.25, 0.3) is 0 Å². The maximum Gasteiger partial charge on any atom is 0.182 e. The van der Waals surface area contributed by atoms with E-state index in [9.17, 15) is 0 Å². The van der Waals surface area contributed by atoms with E-state index < -0.39 is 0 Å². The molecule has 5 rings (SSSR count). The van der Waals surface area contributed by atoms with Crippen molar-refractivity contribution in [2.45, 2.75) is 6.92 Å². The van der Waals surface area contributed by atoms with Crippen LogP contribution in [0.4, 0.5) is 0 Å². The third-order valence-electron chi connectivity index (χ3n) is 4.95.